The molecule has 3 aromatic rings. The summed E-state index contributed by atoms with van der Waals surface area (Å²) in [6, 6.07) is 3.61. The van der Waals surface area contributed by atoms with Crippen LogP contribution in [-0.4, -0.2) is 52.3 Å². The van der Waals surface area contributed by atoms with Crippen molar-refractivity contribution in [2.75, 3.05) is 30.3 Å². The van der Waals surface area contributed by atoms with Gasteiger partial charge >= 0.3 is 5.97 Å². The molecule has 9 nitrogen and oxygen atoms in total. The fourth-order valence-corrected chi connectivity index (χ4v) is 5.56. The van der Waals surface area contributed by atoms with Gasteiger partial charge in [-0.25, -0.2) is 9.97 Å². The van der Waals surface area contributed by atoms with E-state index in [0.717, 1.165) is 17.0 Å². The lowest BCUT2D eigenvalue weighted by molar-refractivity contribution is -0.142. The van der Waals surface area contributed by atoms with Crippen LogP contribution in [0, 0.1) is 0 Å². The Hall–Kier alpha value is -2.67. The highest BCUT2D eigenvalue weighted by Gasteiger charge is 2.23. The summed E-state index contributed by atoms with van der Waals surface area (Å²) in [5.41, 5.74) is 1.55. The molecule has 0 fully saturated rings. The van der Waals surface area contributed by atoms with Gasteiger partial charge in [-0.3, -0.25) is 24.6 Å². The Morgan fingerprint density at radius 2 is 2.06 bits per heavy atom. The number of thiophene rings is 1. The SMILES string of the molecule is CCOC(=O)Cc1csc(NC(=O)CN2CCc3nc(NC(=O)c4cccs4)sc3C2)n1. The lowest BCUT2D eigenvalue weighted by atomic mass is 10.2. The first-order chi connectivity index (χ1) is 15.5. The Bertz CT molecular complexity index is 1110. The topological polar surface area (TPSA) is 114 Å². The molecular formula is C20H21N5O4S3. The van der Waals surface area contributed by atoms with Crippen molar-refractivity contribution in [3.8, 4) is 0 Å². The normalized spacial score (nSPS) is 13.4. The van der Waals surface area contributed by atoms with Crippen molar-refractivity contribution in [2.24, 2.45) is 0 Å². The van der Waals surface area contributed by atoms with E-state index in [-0.39, 0.29) is 30.7 Å². The van der Waals surface area contributed by atoms with Crippen LogP contribution in [0.3, 0.4) is 0 Å². The first-order valence-corrected chi connectivity index (χ1v) is 12.5. The van der Waals surface area contributed by atoms with E-state index in [1.807, 2.05) is 16.3 Å². The van der Waals surface area contributed by atoms with Crippen molar-refractivity contribution in [1.29, 1.82) is 0 Å². The maximum Gasteiger partial charge on any atom is 0.311 e. The van der Waals surface area contributed by atoms with Crippen molar-refractivity contribution < 1.29 is 19.1 Å². The van der Waals surface area contributed by atoms with Crippen LogP contribution >= 0.6 is 34.0 Å². The number of aromatic nitrogens is 2. The average Bonchev–Trinajstić information content (AvgIpc) is 3.48. The Morgan fingerprint density at radius 1 is 1.19 bits per heavy atom. The standard InChI is InChI=1S/C20H21N5O4S3/c1-2-29-17(27)8-12-11-31-19(21-12)23-16(26)10-25-6-5-13-15(9-25)32-20(22-13)24-18(28)14-4-3-7-30-14/h3-4,7,11H,2,5-6,8-10H2,1H3,(H,21,23,26)(H,22,24,28). The number of hydrogen-bond donors (Lipinski definition) is 2. The molecule has 2 amide bonds. The monoisotopic (exact) mass is 491 g/mol. The lowest BCUT2D eigenvalue weighted by Gasteiger charge is -2.24. The van der Waals surface area contributed by atoms with Crippen LogP contribution in [0.25, 0.3) is 0 Å². The van der Waals surface area contributed by atoms with Crippen molar-refractivity contribution >= 4 is 62.1 Å². The number of rotatable bonds is 8. The summed E-state index contributed by atoms with van der Waals surface area (Å²) in [5, 5.41) is 10.3. The number of thiazole rings is 2. The summed E-state index contributed by atoms with van der Waals surface area (Å²) in [6.45, 7) is 3.60. The molecule has 0 aromatic carbocycles. The Kier molecular flexibility index (Phi) is 7.25. The van der Waals surface area contributed by atoms with E-state index in [2.05, 4.69) is 20.6 Å². The van der Waals surface area contributed by atoms with E-state index in [1.165, 1.54) is 34.0 Å². The smallest absolute Gasteiger partial charge is 0.311 e. The number of hydrogen-bond acceptors (Lipinski definition) is 10. The summed E-state index contributed by atoms with van der Waals surface area (Å²) in [4.78, 5) is 48.8. The summed E-state index contributed by atoms with van der Waals surface area (Å²) >= 11 is 4.11. The first kappa shape index (κ1) is 22.5. The summed E-state index contributed by atoms with van der Waals surface area (Å²) in [5.74, 6) is -0.662. The molecule has 0 bridgehead atoms. The van der Waals surface area contributed by atoms with Gasteiger partial charge in [-0.2, -0.15) is 0 Å². The summed E-state index contributed by atoms with van der Waals surface area (Å²) < 4.78 is 4.91. The largest absolute Gasteiger partial charge is 0.466 e. The average molecular weight is 492 g/mol. The third-order valence-corrected chi connectivity index (χ3v) is 7.24. The molecule has 1 aliphatic rings. The zero-order valence-electron chi connectivity index (χ0n) is 17.3. The van der Waals surface area contributed by atoms with Crippen molar-refractivity contribution in [3.05, 3.63) is 44.0 Å². The molecule has 12 heteroatoms. The molecule has 1 aliphatic heterocycles. The van der Waals surface area contributed by atoms with E-state index < -0.39 is 0 Å². The molecule has 0 aliphatic carbocycles. The number of carbonyl (C=O) groups excluding carboxylic acids is 3. The first-order valence-electron chi connectivity index (χ1n) is 9.96. The van der Waals surface area contributed by atoms with Gasteiger partial charge in [-0.1, -0.05) is 6.07 Å². The minimum Gasteiger partial charge on any atom is -0.466 e. The van der Waals surface area contributed by atoms with Gasteiger partial charge in [0.05, 0.1) is 35.8 Å². The second kappa shape index (κ2) is 10.3. The van der Waals surface area contributed by atoms with Crippen LogP contribution < -0.4 is 10.6 Å². The Morgan fingerprint density at radius 3 is 2.84 bits per heavy atom. The molecule has 4 rings (SSSR count). The second-order valence-electron chi connectivity index (χ2n) is 6.95. The van der Waals surface area contributed by atoms with E-state index >= 15 is 0 Å². The number of nitrogens with zero attached hydrogens (tertiary/aromatic N) is 3. The van der Waals surface area contributed by atoms with Gasteiger partial charge in [-0.15, -0.1) is 34.0 Å². The zero-order valence-corrected chi connectivity index (χ0v) is 19.7. The number of carbonyl (C=O) groups is 3. The molecule has 0 saturated heterocycles. The van der Waals surface area contributed by atoms with Crippen LogP contribution in [0.5, 0.6) is 0 Å². The molecule has 0 atom stereocenters. The molecule has 2 N–H and O–H groups in total. The predicted molar refractivity (Wildman–Crippen MR) is 124 cm³/mol. The molecule has 0 spiro atoms. The maximum atomic E-state index is 12.5. The molecule has 4 heterocycles. The van der Waals surface area contributed by atoms with Crippen molar-refractivity contribution in [3.63, 3.8) is 0 Å². The van der Waals surface area contributed by atoms with Crippen LogP contribution in [0.2, 0.25) is 0 Å². The van der Waals surface area contributed by atoms with Crippen LogP contribution in [0.15, 0.2) is 22.9 Å². The minimum atomic E-state index is -0.338. The number of amides is 2. The second-order valence-corrected chi connectivity index (χ2v) is 9.84. The van der Waals surface area contributed by atoms with Gasteiger partial charge in [0.15, 0.2) is 10.3 Å². The van der Waals surface area contributed by atoms with Gasteiger partial charge in [0.25, 0.3) is 5.91 Å². The minimum absolute atomic E-state index is 0.0891. The summed E-state index contributed by atoms with van der Waals surface area (Å²) in [6.07, 6.45) is 0.806. The Balaban J connectivity index is 1.28. The van der Waals surface area contributed by atoms with Crippen LogP contribution in [-0.2, 0) is 33.7 Å². The van der Waals surface area contributed by atoms with Gasteiger partial charge < -0.3 is 10.1 Å². The number of fused-ring (bicyclic) bond motifs is 1. The van der Waals surface area contributed by atoms with Crippen molar-refractivity contribution in [1.82, 2.24) is 14.9 Å². The number of esters is 1. The molecule has 0 unspecified atom stereocenters. The number of ether oxygens (including phenoxy) is 1. The zero-order chi connectivity index (χ0) is 22.5. The third kappa shape index (κ3) is 5.76. The predicted octanol–water partition coefficient (Wildman–Crippen LogP) is 3.02. The molecular weight excluding hydrogens is 470 g/mol. The number of nitrogens with one attached hydrogen (secondary N) is 2. The van der Waals surface area contributed by atoms with E-state index in [1.54, 1.807) is 18.4 Å². The van der Waals surface area contributed by atoms with Crippen LogP contribution in [0.4, 0.5) is 10.3 Å². The van der Waals surface area contributed by atoms with Gasteiger partial charge in [0.2, 0.25) is 5.91 Å². The van der Waals surface area contributed by atoms with E-state index in [9.17, 15) is 14.4 Å². The maximum absolute atomic E-state index is 12.5. The van der Waals surface area contributed by atoms with Gasteiger partial charge in [0.1, 0.15) is 0 Å². The van der Waals surface area contributed by atoms with Crippen molar-refractivity contribution in [2.45, 2.75) is 26.3 Å². The van der Waals surface area contributed by atoms with E-state index in [0.29, 0.717) is 40.5 Å². The molecule has 0 radical (unpaired) electrons. The van der Waals surface area contributed by atoms with E-state index in [4.69, 9.17) is 4.74 Å². The van der Waals surface area contributed by atoms with Gasteiger partial charge in [0, 0.05) is 29.8 Å². The molecule has 0 saturated carbocycles. The molecule has 3 aromatic heterocycles. The van der Waals surface area contributed by atoms with Gasteiger partial charge in [-0.05, 0) is 18.4 Å². The molecule has 168 valence electrons. The third-order valence-electron chi connectivity index (χ3n) is 4.57. The highest BCUT2D eigenvalue weighted by Crippen LogP contribution is 2.29. The Labute approximate surface area is 196 Å². The summed E-state index contributed by atoms with van der Waals surface area (Å²) in [7, 11) is 0. The molecule has 32 heavy (non-hydrogen) atoms. The quantitative estimate of drug-likeness (QED) is 0.466. The fourth-order valence-electron chi connectivity index (χ4n) is 3.17. The number of anilines is 2. The fraction of sp³-hybridized carbons (Fsp3) is 0.350. The lowest BCUT2D eigenvalue weighted by Crippen LogP contribution is -2.36. The highest BCUT2D eigenvalue weighted by atomic mass is 32.1. The highest BCUT2D eigenvalue weighted by molar-refractivity contribution is 7.16. The van der Waals surface area contributed by atoms with Crippen LogP contribution in [0.1, 0.15) is 32.9 Å².